The molecule has 1 aromatic carbocycles. The molecular weight excluding hydrogens is 347 g/mol. The molecule has 0 aromatic heterocycles. The Morgan fingerprint density at radius 2 is 2.05 bits per heavy atom. The highest BCUT2D eigenvalue weighted by molar-refractivity contribution is 9.10. The summed E-state index contributed by atoms with van der Waals surface area (Å²) in [7, 11) is 0. The van der Waals surface area contributed by atoms with Crippen LogP contribution >= 0.6 is 28.3 Å². The zero-order valence-electron chi connectivity index (χ0n) is 11.5. The highest BCUT2D eigenvalue weighted by Crippen LogP contribution is 2.30. The first kappa shape index (κ1) is 17.9. The van der Waals surface area contributed by atoms with E-state index in [-0.39, 0.29) is 30.9 Å². The number of rotatable bonds is 4. The van der Waals surface area contributed by atoms with Crippen LogP contribution in [-0.2, 0) is 0 Å². The van der Waals surface area contributed by atoms with Crippen molar-refractivity contribution in [2.45, 2.75) is 19.4 Å². The predicted octanol–water partition coefficient (Wildman–Crippen LogP) is 2.65. The van der Waals surface area contributed by atoms with E-state index < -0.39 is 0 Å². The van der Waals surface area contributed by atoms with E-state index in [0.29, 0.717) is 17.5 Å². The Morgan fingerprint density at radius 1 is 1.40 bits per heavy atom. The molecule has 20 heavy (non-hydrogen) atoms. The van der Waals surface area contributed by atoms with Gasteiger partial charge in [0.2, 0.25) is 0 Å². The normalized spacial score (nSPS) is 17.6. The topological polar surface area (TPSA) is 35.5 Å². The van der Waals surface area contributed by atoms with E-state index in [9.17, 15) is 9.50 Å². The van der Waals surface area contributed by atoms with Crippen LogP contribution in [0.25, 0.3) is 0 Å². The lowest BCUT2D eigenvalue weighted by atomic mass is 9.99. The van der Waals surface area contributed by atoms with E-state index in [0.717, 1.165) is 30.7 Å². The van der Waals surface area contributed by atoms with Gasteiger partial charge in [0, 0.05) is 48.9 Å². The molecule has 0 radical (unpaired) electrons. The summed E-state index contributed by atoms with van der Waals surface area (Å²) in [6.07, 6.45) is 0.562. The zero-order valence-corrected chi connectivity index (χ0v) is 13.9. The van der Waals surface area contributed by atoms with Crippen LogP contribution in [0.3, 0.4) is 0 Å². The maximum absolute atomic E-state index is 14.4. The van der Waals surface area contributed by atoms with Crippen molar-refractivity contribution in [3.05, 3.63) is 33.5 Å². The van der Waals surface area contributed by atoms with Gasteiger partial charge in [-0.3, -0.25) is 4.90 Å². The van der Waals surface area contributed by atoms with Gasteiger partial charge in [-0.25, -0.2) is 4.39 Å². The van der Waals surface area contributed by atoms with Gasteiger partial charge in [-0.15, -0.1) is 12.4 Å². The van der Waals surface area contributed by atoms with E-state index in [1.165, 1.54) is 0 Å². The van der Waals surface area contributed by atoms with E-state index in [1.807, 2.05) is 6.07 Å². The molecule has 1 aliphatic rings. The molecule has 1 aliphatic heterocycles. The predicted molar refractivity (Wildman–Crippen MR) is 85.0 cm³/mol. The summed E-state index contributed by atoms with van der Waals surface area (Å²) < 4.78 is 15.3. The van der Waals surface area contributed by atoms with Crippen molar-refractivity contribution in [3.63, 3.8) is 0 Å². The maximum atomic E-state index is 14.4. The molecule has 2 N–H and O–H groups in total. The molecule has 0 bridgehead atoms. The van der Waals surface area contributed by atoms with Gasteiger partial charge in [-0.1, -0.05) is 15.9 Å². The second kappa shape index (κ2) is 8.29. The van der Waals surface area contributed by atoms with E-state index in [4.69, 9.17) is 0 Å². The fourth-order valence-electron chi connectivity index (χ4n) is 2.64. The number of nitrogens with zero attached hydrogens (tertiary/aromatic N) is 1. The van der Waals surface area contributed by atoms with Gasteiger partial charge < -0.3 is 10.4 Å². The Labute approximate surface area is 134 Å². The number of aliphatic hydroxyl groups is 1. The number of piperazine rings is 1. The van der Waals surface area contributed by atoms with Crippen molar-refractivity contribution >= 4 is 28.3 Å². The number of aryl methyl sites for hydroxylation is 1. The summed E-state index contributed by atoms with van der Waals surface area (Å²) in [5.74, 6) is -0.153. The maximum Gasteiger partial charge on any atom is 0.130 e. The van der Waals surface area contributed by atoms with Gasteiger partial charge in [0.25, 0.3) is 0 Å². The minimum atomic E-state index is -0.153. The first-order chi connectivity index (χ1) is 9.13. The lowest BCUT2D eigenvalue weighted by Gasteiger charge is -2.35. The fourth-order valence-corrected chi connectivity index (χ4v) is 3.23. The minimum absolute atomic E-state index is 0. The molecule has 1 fully saturated rings. The summed E-state index contributed by atoms with van der Waals surface area (Å²) in [5.41, 5.74) is 1.32. The van der Waals surface area contributed by atoms with Gasteiger partial charge in [-0.2, -0.15) is 0 Å². The average molecular weight is 368 g/mol. The van der Waals surface area contributed by atoms with Gasteiger partial charge >= 0.3 is 0 Å². The number of hydrogen-bond donors (Lipinski definition) is 2. The third kappa shape index (κ3) is 4.15. The zero-order chi connectivity index (χ0) is 13.8. The van der Waals surface area contributed by atoms with Gasteiger partial charge in [-0.05, 0) is 31.0 Å². The molecule has 0 unspecified atom stereocenters. The molecule has 1 heterocycles. The van der Waals surface area contributed by atoms with Crippen molar-refractivity contribution in [3.8, 4) is 0 Å². The molecule has 2 rings (SSSR count). The lowest BCUT2D eigenvalue weighted by Crippen LogP contribution is -2.45. The summed E-state index contributed by atoms with van der Waals surface area (Å²) in [4.78, 5) is 2.25. The molecule has 3 nitrogen and oxygen atoms in total. The van der Waals surface area contributed by atoms with E-state index >= 15 is 0 Å². The molecular formula is C14H21BrClFN2O. The number of nitrogens with one attached hydrogen (secondary N) is 1. The number of aliphatic hydroxyl groups excluding tert-OH is 1. The SMILES string of the molecule is Cc1cc(Br)cc([C@@H](CCO)N2CCNCC2)c1F.Cl. The Morgan fingerprint density at radius 3 is 2.65 bits per heavy atom. The number of hydrogen-bond acceptors (Lipinski definition) is 3. The summed E-state index contributed by atoms with van der Waals surface area (Å²) in [6.45, 7) is 5.44. The molecule has 0 saturated carbocycles. The van der Waals surface area contributed by atoms with Crippen LogP contribution in [0, 0.1) is 12.7 Å². The summed E-state index contributed by atoms with van der Waals surface area (Å²) >= 11 is 3.43. The molecule has 6 heteroatoms. The highest BCUT2D eigenvalue weighted by atomic mass is 79.9. The van der Waals surface area contributed by atoms with Crippen molar-refractivity contribution in [1.29, 1.82) is 0 Å². The first-order valence-corrected chi connectivity index (χ1v) is 7.44. The number of benzene rings is 1. The lowest BCUT2D eigenvalue weighted by molar-refractivity contribution is 0.138. The van der Waals surface area contributed by atoms with E-state index in [2.05, 4.69) is 26.1 Å². The van der Waals surface area contributed by atoms with Crippen molar-refractivity contribution in [2.24, 2.45) is 0 Å². The summed E-state index contributed by atoms with van der Waals surface area (Å²) in [6, 6.07) is 3.57. The van der Waals surface area contributed by atoms with Crippen molar-refractivity contribution in [2.75, 3.05) is 32.8 Å². The summed E-state index contributed by atoms with van der Waals surface area (Å²) in [5, 5.41) is 12.6. The van der Waals surface area contributed by atoms with Gasteiger partial charge in [0.05, 0.1) is 0 Å². The Balaban J connectivity index is 0.00000200. The van der Waals surface area contributed by atoms with Crippen LogP contribution in [0.15, 0.2) is 16.6 Å². The minimum Gasteiger partial charge on any atom is -0.396 e. The first-order valence-electron chi connectivity index (χ1n) is 6.64. The third-order valence-electron chi connectivity index (χ3n) is 3.60. The van der Waals surface area contributed by atoms with Crippen LogP contribution in [0.1, 0.15) is 23.6 Å². The molecule has 1 aromatic rings. The largest absolute Gasteiger partial charge is 0.396 e. The molecule has 0 amide bonds. The van der Waals surface area contributed by atoms with Crippen LogP contribution < -0.4 is 5.32 Å². The van der Waals surface area contributed by atoms with Crippen LogP contribution in [0.2, 0.25) is 0 Å². The van der Waals surface area contributed by atoms with Crippen LogP contribution in [0.5, 0.6) is 0 Å². The van der Waals surface area contributed by atoms with Crippen LogP contribution in [0.4, 0.5) is 4.39 Å². The van der Waals surface area contributed by atoms with E-state index in [1.54, 1.807) is 13.0 Å². The van der Waals surface area contributed by atoms with Crippen LogP contribution in [-0.4, -0.2) is 42.8 Å². The standard InChI is InChI=1S/C14H20BrFN2O.ClH/c1-10-8-11(15)9-12(14(10)16)13(2-7-19)18-5-3-17-4-6-18;/h8-9,13,17,19H,2-7H2,1H3;1H/t13-;/m1./s1. The fraction of sp³-hybridized carbons (Fsp3) is 0.571. The third-order valence-corrected chi connectivity index (χ3v) is 4.06. The highest BCUT2D eigenvalue weighted by Gasteiger charge is 2.25. The Kier molecular flexibility index (Phi) is 7.40. The van der Waals surface area contributed by atoms with Crippen molar-refractivity contribution in [1.82, 2.24) is 10.2 Å². The Hall–Kier alpha value is -0.200. The molecule has 0 spiro atoms. The van der Waals surface area contributed by atoms with Gasteiger partial charge in [0.1, 0.15) is 5.82 Å². The number of halogens is 3. The Bertz CT molecular complexity index is 441. The van der Waals surface area contributed by atoms with Gasteiger partial charge in [0.15, 0.2) is 0 Å². The molecule has 1 saturated heterocycles. The average Bonchev–Trinajstić information content (AvgIpc) is 2.41. The van der Waals surface area contributed by atoms with Crippen molar-refractivity contribution < 1.29 is 9.50 Å². The molecule has 114 valence electrons. The molecule has 0 aliphatic carbocycles. The molecule has 1 atom stereocenters. The second-order valence-corrected chi connectivity index (χ2v) is 5.86. The second-order valence-electron chi connectivity index (χ2n) is 4.94. The quantitative estimate of drug-likeness (QED) is 0.859. The monoisotopic (exact) mass is 366 g/mol. The smallest absolute Gasteiger partial charge is 0.130 e.